The van der Waals surface area contributed by atoms with Crippen LogP contribution in [0.4, 0.5) is 24.5 Å². The predicted molar refractivity (Wildman–Crippen MR) is 141 cm³/mol. The third-order valence-electron chi connectivity index (χ3n) is 4.92. The molecule has 0 aliphatic rings. The Morgan fingerprint density at radius 3 is 2.46 bits per heavy atom. The fourth-order valence-electron chi connectivity index (χ4n) is 3.15. The van der Waals surface area contributed by atoms with Crippen molar-refractivity contribution in [2.24, 2.45) is 0 Å². The first kappa shape index (κ1) is 28.0. The Labute approximate surface area is 227 Å². The highest BCUT2D eigenvalue weighted by atomic mass is 79.9. The van der Waals surface area contributed by atoms with Gasteiger partial charge >= 0.3 is 6.18 Å². The maximum atomic E-state index is 13.0. The van der Waals surface area contributed by atoms with Crippen molar-refractivity contribution in [2.75, 3.05) is 17.2 Å². The van der Waals surface area contributed by atoms with Gasteiger partial charge in [-0.15, -0.1) is 0 Å². The van der Waals surface area contributed by atoms with Gasteiger partial charge in [-0.1, -0.05) is 40.2 Å². The second kappa shape index (κ2) is 12.1. The van der Waals surface area contributed by atoms with Crippen LogP contribution in [-0.4, -0.2) is 18.4 Å². The number of carbonyl (C=O) groups excluding carboxylic acids is 2. The largest absolute Gasteiger partial charge is 0.482 e. The van der Waals surface area contributed by atoms with E-state index in [1.54, 1.807) is 30.3 Å². The number of benzene rings is 3. The van der Waals surface area contributed by atoms with Crippen molar-refractivity contribution >= 4 is 61.1 Å². The average molecular weight is 637 g/mol. The lowest BCUT2D eigenvalue weighted by atomic mass is 10.1. The number of anilines is 2. The number of para-hydroxylation sites is 1. The topological polar surface area (TPSA) is 91.2 Å². The third kappa shape index (κ3) is 7.68. The van der Waals surface area contributed by atoms with Gasteiger partial charge in [0.1, 0.15) is 17.4 Å². The first-order chi connectivity index (χ1) is 17.5. The van der Waals surface area contributed by atoms with E-state index in [0.717, 1.165) is 23.8 Å². The SMILES string of the molecule is Cc1ccccc1NC(=O)COc1c(Br)cc(Br)cc1/C=C(\C#N)C(=O)Nc1cccc(C(F)(F)F)c1. The summed E-state index contributed by atoms with van der Waals surface area (Å²) in [6.45, 7) is 1.48. The maximum absolute atomic E-state index is 13.0. The van der Waals surface area contributed by atoms with Crippen LogP contribution in [0.5, 0.6) is 5.75 Å². The molecule has 3 aromatic carbocycles. The Kier molecular flexibility index (Phi) is 9.13. The molecule has 0 saturated carbocycles. The molecule has 0 aromatic heterocycles. The van der Waals surface area contributed by atoms with E-state index < -0.39 is 29.1 Å². The maximum Gasteiger partial charge on any atom is 0.416 e. The van der Waals surface area contributed by atoms with Gasteiger partial charge in [0, 0.05) is 21.4 Å². The fraction of sp³-hybridized carbons (Fsp3) is 0.115. The molecule has 0 heterocycles. The molecule has 3 aromatic rings. The monoisotopic (exact) mass is 635 g/mol. The van der Waals surface area contributed by atoms with Gasteiger partial charge in [0.2, 0.25) is 0 Å². The van der Waals surface area contributed by atoms with Crippen molar-refractivity contribution in [1.29, 1.82) is 5.26 Å². The fourth-order valence-corrected chi connectivity index (χ4v) is 4.53. The summed E-state index contributed by atoms with van der Waals surface area (Å²) < 4.78 is 45.7. The minimum Gasteiger partial charge on any atom is -0.482 e. The van der Waals surface area contributed by atoms with Gasteiger partial charge in [-0.05, 0) is 70.9 Å². The second-order valence-electron chi connectivity index (χ2n) is 7.66. The Hall–Kier alpha value is -3.62. The van der Waals surface area contributed by atoms with Crippen molar-refractivity contribution in [2.45, 2.75) is 13.1 Å². The minimum absolute atomic E-state index is 0.124. The molecule has 0 spiro atoms. The Bertz CT molecular complexity index is 1420. The van der Waals surface area contributed by atoms with Crippen molar-refractivity contribution < 1.29 is 27.5 Å². The Morgan fingerprint density at radius 1 is 1.05 bits per heavy atom. The summed E-state index contributed by atoms with van der Waals surface area (Å²) in [5, 5.41) is 14.6. The molecule has 2 amide bonds. The highest BCUT2D eigenvalue weighted by molar-refractivity contribution is 9.11. The standard InChI is InChI=1S/C26H18Br2F3N3O3/c1-15-5-2-3-8-22(15)34-23(35)14-37-24-16(10-19(27)12-21(24)28)9-17(13-32)25(36)33-20-7-4-6-18(11-20)26(29,30)31/h2-12H,14H2,1H3,(H,33,36)(H,34,35)/b17-9+. The number of halogens is 5. The number of rotatable bonds is 7. The quantitative estimate of drug-likeness (QED) is 0.214. The number of nitriles is 1. The molecule has 2 N–H and O–H groups in total. The Balaban J connectivity index is 1.82. The van der Waals surface area contributed by atoms with Crippen LogP contribution < -0.4 is 15.4 Å². The molecule has 190 valence electrons. The van der Waals surface area contributed by atoms with Crippen molar-refractivity contribution in [1.82, 2.24) is 0 Å². The lowest BCUT2D eigenvalue weighted by molar-refractivity contribution is -0.137. The molecular weight excluding hydrogens is 619 g/mol. The van der Waals surface area contributed by atoms with E-state index >= 15 is 0 Å². The van der Waals surface area contributed by atoms with E-state index in [1.165, 1.54) is 12.1 Å². The molecule has 0 atom stereocenters. The normalized spacial score (nSPS) is 11.4. The smallest absolute Gasteiger partial charge is 0.416 e. The van der Waals surface area contributed by atoms with Crippen molar-refractivity contribution in [3.05, 3.63) is 91.9 Å². The predicted octanol–water partition coefficient (Wildman–Crippen LogP) is 7.10. The average Bonchev–Trinajstić information content (AvgIpc) is 2.82. The summed E-state index contributed by atoms with van der Waals surface area (Å²) in [5.41, 5.74) is 0.320. The van der Waals surface area contributed by atoms with Crippen LogP contribution in [0.3, 0.4) is 0 Å². The van der Waals surface area contributed by atoms with Crippen molar-refractivity contribution in [3.8, 4) is 11.8 Å². The number of carbonyl (C=O) groups is 2. The zero-order valence-electron chi connectivity index (χ0n) is 19.1. The minimum atomic E-state index is -4.59. The van der Waals surface area contributed by atoms with Crippen LogP contribution >= 0.6 is 31.9 Å². The van der Waals surface area contributed by atoms with Crippen LogP contribution in [0.2, 0.25) is 0 Å². The van der Waals surface area contributed by atoms with Crippen LogP contribution in [0.15, 0.2) is 75.2 Å². The van der Waals surface area contributed by atoms with Gasteiger partial charge in [0.25, 0.3) is 11.8 Å². The molecular formula is C26H18Br2F3N3O3. The number of hydrogen-bond acceptors (Lipinski definition) is 4. The van der Waals surface area contributed by atoms with Gasteiger partial charge in [0.15, 0.2) is 6.61 Å². The highest BCUT2D eigenvalue weighted by Crippen LogP contribution is 2.35. The van der Waals surface area contributed by atoms with Gasteiger partial charge in [-0.3, -0.25) is 9.59 Å². The van der Waals surface area contributed by atoms with Gasteiger partial charge in [0.05, 0.1) is 10.0 Å². The molecule has 37 heavy (non-hydrogen) atoms. The summed E-state index contributed by atoms with van der Waals surface area (Å²) in [4.78, 5) is 25.1. The molecule has 0 fully saturated rings. The lowest BCUT2D eigenvalue weighted by Gasteiger charge is -2.14. The first-order valence-electron chi connectivity index (χ1n) is 10.6. The third-order valence-corrected chi connectivity index (χ3v) is 5.96. The Morgan fingerprint density at radius 2 is 1.78 bits per heavy atom. The van der Waals surface area contributed by atoms with E-state index in [9.17, 15) is 28.0 Å². The number of alkyl halides is 3. The van der Waals surface area contributed by atoms with E-state index in [2.05, 4.69) is 42.5 Å². The summed E-state index contributed by atoms with van der Waals surface area (Å²) >= 11 is 6.67. The zero-order valence-corrected chi connectivity index (χ0v) is 22.3. The molecule has 3 rings (SSSR count). The number of amides is 2. The molecule has 0 saturated heterocycles. The first-order valence-corrected chi connectivity index (χ1v) is 12.1. The highest BCUT2D eigenvalue weighted by Gasteiger charge is 2.30. The van der Waals surface area contributed by atoms with Crippen LogP contribution in [0, 0.1) is 18.3 Å². The van der Waals surface area contributed by atoms with E-state index in [0.29, 0.717) is 14.6 Å². The summed E-state index contributed by atoms with van der Waals surface area (Å²) in [5.74, 6) is -1.16. The summed E-state index contributed by atoms with van der Waals surface area (Å²) in [6.07, 6.45) is -3.37. The van der Waals surface area contributed by atoms with Crippen LogP contribution in [0.1, 0.15) is 16.7 Å². The van der Waals surface area contributed by atoms with Gasteiger partial charge in [-0.2, -0.15) is 18.4 Å². The summed E-state index contributed by atoms with van der Waals surface area (Å²) in [6, 6.07) is 16.2. The number of nitrogens with zero attached hydrogens (tertiary/aromatic N) is 1. The van der Waals surface area contributed by atoms with Crippen LogP contribution in [-0.2, 0) is 15.8 Å². The lowest BCUT2D eigenvalue weighted by Crippen LogP contribution is -2.21. The second-order valence-corrected chi connectivity index (χ2v) is 9.43. The number of ether oxygens (including phenoxy) is 1. The number of nitrogens with one attached hydrogen (secondary N) is 2. The van der Waals surface area contributed by atoms with Gasteiger partial charge in [-0.25, -0.2) is 0 Å². The number of aryl methyl sites for hydroxylation is 1. The van der Waals surface area contributed by atoms with Crippen molar-refractivity contribution in [3.63, 3.8) is 0 Å². The molecule has 0 radical (unpaired) electrons. The molecule has 11 heteroatoms. The van der Waals surface area contributed by atoms with E-state index in [-0.39, 0.29) is 23.6 Å². The molecule has 0 bridgehead atoms. The van der Waals surface area contributed by atoms with Gasteiger partial charge < -0.3 is 15.4 Å². The van der Waals surface area contributed by atoms with Crippen LogP contribution in [0.25, 0.3) is 6.08 Å². The summed E-state index contributed by atoms with van der Waals surface area (Å²) in [7, 11) is 0. The van der Waals surface area contributed by atoms with E-state index in [4.69, 9.17) is 4.74 Å². The molecule has 0 aliphatic carbocycles. The molecule has 0 aliphatic heterocycles. The van der Waals surface area contributed by atoms with E-state index in [1.807, 2.05) is 19.1 Å². The zero-order chi connectivity index (χ0) is 27.2. The number of hydrogen-bond donors (Lipinski definition) is 2. The molecule has 0 unspecified atom stereocenters. The molecule has 6 nitrogen and oxygen atoms in total.